The molecule has 0 aromatic carbocycles. The summed E-state index contributed by atoms with van der Waals surface area (Å²) >= 11 is 0. The van der Waals surface area contributed by atoms with Gasteiger partial charge in [0.2, 0.25) is 5.91 Å². The van der Waals surface area contributed by atoms with Crippen LogP contribution in [0.2, 0.25) is 0 Å². The van der Waals surface area contributed by atoms with Gasteiger partial charge in [-0.15, -0.1) is 0 Å². The third-order valence-electron chi connectivity index (χ3n) is 4.58. The van der Waals surface area contributed by atoms with Crippen LogP contribution in [0.4, 0.5) is 0 Å². The van der Waals surface area contributed by atoms with Gasteiger partial charge < -0.3 is 10.1 Å². The summed E-state index contributed by atoms with van der Waals surface area (Å²) in [5, 5.41) is 3.08. The molecule has 1 N–H and O–H groups in total. The molecule has 2 fully saturated rings. The Morgan fingerprint density at radius 2 is 2.25 bits per heavy atom. The third kappa shape index (κ3) is 2.82. The molecule has 0 radical (unpaired) electrons. The first-order chi connectivity index (χ1) is 9.78. The zero-order chi connectivity index (χ0) is 13.8. The predicted octanol–water partition coefficient (Wildman–Crippen LogP) is 1.48. The number of amides is 1. The first kappa shape index (κ1) is 13.5. The fraction of sp³-hybridized carbons (Fsp3) is 0.667. The lowest BCUT2D eigenvalue weighted by atomic mass is 9.83. The maximum Gasteiger partial charge on any atom is 0.220 e. The van der Waals surface area contributed by atoms with E-state index in [2.05, 4.69) is 15.3 Å². The van der Waals surface area contributed by atoms with Gasteiger partial charge in [-0.1, -0.05) is 6.42 Å². The summed E-state index contributed by atoms with van der Waals surface area (Å²) in [5.41, 5.74) is 0.207. The number of aromatic nitrogens is 2. The molecule has 1 aromatic heterocycles. The molecule has 20 heavy (non-hydrogen) atoms. The first-order valence-electron chi connectivity index (χ1n) is 7.43. The van der Waals surface area contributed by atoms with Crippen LogP contribution in [-0.2, 0) is 16.0 Å². The number of nitrogens with zero attached hydrogens (tertiary/aromatic N) is 2. The fourth-order valence-corrected chi connectivity index (χ4v) is 3.40. The normalized spacial score (nSPS) is 28.3. The van der Waals surface area contributed by atoms with Crippen LogP contribution in [0, 0.1) is 5.41 Å². The fourth-order valence-electron chi connectivity index (χ4n) is 3.40. The Morgan fingerprint density at radius 1 is 1.40 bits per heavy atom. The van der Waals surface area contributed by atoms with Crippen molar-refractivity contribution < 1.29 is 9.53 Å². The zero-order valence-corrected chi connectivity index (χ0v) is 11.7. The van der Waals surface area contributed by atoms with Crippen LogP contribution in [0.1, 0.15) is 37.9 Å². The number of hydrogen-bond acceptors (Lipinski definition) is 4. The third-order valence-corrected chi connectivity index (χ3v) is 4.58. The minimum absolute atomic E-state index is 0.0874. The van der Waals surface area contributed by atoms with Crippen molar-refractivity contribution in [1.29, 1.82) is 0 Å². The molecule has 0 spiro atoms. The van der Waals surface area contributed by atoms with E-state index in [1.165, 1.54) is 12.8 Å². The molecule has 0 bridgehead atoms. The summed E-state index contributed by atoms with van der Waals surface area (Å²) in [4.78, 5) is 20.2. The second kappa shape index (κ2) is 5.87. The zero-order valence-electron chi connectivity index (χ0n) is 11.7. The Kier molecular flexibility index (Phi) is 3.96. The molecule has 2 atom stereocenters. The maximum absolute atomic E-state index is 12.0. The Bertz CT molecular complexity index is 453. The van der Waals surface area contributed by atoms with Crippen LogP contribution in [0.3, 0.4) is 0 Å². The van der Waals surface area contributed by atoms with Crippen LogP contribution < -0.4 is 5.32 Å². The molecule has 0 unspecified atom stereocenters. The van der Waals surface area contributed by atoms with Crippen molar-refractivity contribution in [3.05, 3.63) is 24.3 Å². The van der Waals surface area contributed by atoms with Crippen LogP contribution in [-0.4, -0.2) is 35.1 Å². The summed E-state index contributed by atoms with van der Waals surface area (Å²) in [7, 11) is 0. The largest absolute Gasteiger partial charge is 0.378 e. The molecule has 1 amide bonds. The van der Waals surface area contributed by atoms with E-state index in [-0.39, 0.29) is 11.3 Å². The summed E-state index contributed by atoms with van der Waals surface area (Å²) in [6, 6.07) is 1.78. The number of nitrogens with one attached hydrogen (secondary N) is 1. The van der Waals surface area contributed by atoms with Crippen LogP contribution in [0.25, 0.3) is 0 Å². The van der Waals surface area contributed by atoms with E-state index >= 15 is 0 Å². The molecular formula is C15H21N3O2. The Balaban J connectivity index is 1.45. The highest BCUT2D eigenvalue weighted by atomic mass is 16.5. The first-order valence-corrected chi connectivity index (χ1v) is 7.43. The number of ether oxygens (including phenoxy) is 1. The maximum atomic E-state index is 12.0. The molecule has 5 nitrogen and oxygen atoms in total. The van der Waals surface area contributed by atoms with Gasteiger partial charge in [0.1, 0.15) is 5.82 Å². The number of carbonyl (C=O) groups excluding carboxylic acids is 1. The predicted molar refractivity (Wildman–Crippen MR) is 74.0 cm³/mol. The van der Waals surface area contributed by atoms with Gasteiger partial charge in [0.25, 0.3) is 0 Å². The Labute approximate surface area is 119 Å². The highest BCUT2D eigenvalue weighted by Crippen LogP contribution is 2.46. The lowest BCUT2D eigenvalue weighted by molar-refractivity contribution is -0.121. The SMILES string of the molecule is O=C(CCc1ncccn1)NC[C@]12CCC[C@H]1OCC2. The van der Waals surface area contributed by atoms with E-state index in [1.807, 2.05) is 0 Å². The molecule has 1 saturated heterocycles. The van der Waals surface area contributed by atoms with Gasteiger partial charge in [-0.2, -0.15) is 0 Å². The van der Waals surface area contributed by atoms with Gasteiger partial charge in [-0.25, -0.2) is 9.97 Å². The van der Waals surface area contributed by atoms with Crippen molar-refractivity contribution in [1.82, 2.24) is 15.3 Å². The van der Waals surface area contributed by atoms with Crippen molar-refractivity contribution in [2.75, 3.05) is 13.2 Å². The van der Waals surface area contributed by atoms with Gasteiger partial charge in [0, 0.05) is 43.8 Å². The highest BCUT2D eigenvalue weighted by molar-refractivity contribution is 5.76. The van der Waals surface area contributed by atoms with E-state index < -0.39 is 0 Å². The van der Waals surface area contributed by atoms with Crippen molar-refractivity contribution in [2.24, 2.45) is 5.41 Å². The van der Waals surface area contributed by atoms with Gasteiger partial charge in [-0.05, 0) is 25.3 Å². The number of carbonyl (C=O) groups is 1. The Hall–Kier alpha value is -1.49. The number of fused-ring (bicyclic) bond motifs is 1. The van der Waals surface area contributed by atoms with E-state index in [1.54, 1.807) is 18.5 Å². The molecule has 1 aliphatic carbocycles. The molecular weight excluding hydrogens is 254 g/mol. The van der Waals surface area contributed by atoms with Crippen molar-refractivity contribution >= 4 is 5.91 Å². The molecule has 1 saturated carbocycles. The number of hydrogen-bond donors (Lipinski definition) is 1. The van der Waals surface area contributed by atoms with Gasteiger partial charge in [0.15, 0.2) is 0 Å². The quantitative estimate of drug-likeness (QED) is 0.884. The smallest absolute Gasteiger partial charge is 0.220 e. The number of rotatable bonds is 5. The minimum Gasteiger partial charge on any atom is -0.378 e. The molecule has 1 aromatic rings. The minimum atomic E-state index is 0.0874. The second-order valence-corrected chi connectivity index (χ2v) is 5.81. The van der Waals surface area contributed by atoms with Gasteiger partial charge in [-0.3, -0.25) is 4.79 Å². The van der Waals surface area contributed by atoms with Crippen LogP contribution in [0.5, 0.6) is 0 Å². The van der Waals surface area contributed by atoms with Crippen LogP contribution >= 0.6 is 0 Å². The van der Waals surface area contributed by atoms with Gasteiger partial charge >= 0.3 is 0 Å². The molecule has 2 aliphatic rings. The lowest BCUT2D eigenvalue weighted by Crippen LogP contribution is -2.39. The highest BCUT2D eigenvalue weighted by Gasteiger charge is 2.47. The topological polar surface area (TPSA) is 64.1 Å². The monoisotopic (exact) mass is 275 g/mol. The second-order valence-electron chi connectivity index (χ2n) is 5.81. The lowest BCUT2D eigenvalue weighted by Gasteiger charge is -2.27. The summed E-state index contributed by atoms with van der Waals surface area (Å²) in [5.74, 6) is 0.813. The van der Waals surface area contributed by atoms with E-state index in [4.69, 9.17) is 4.74 Å². The molecule has 108 valence electrons. The van der Waals surface area contributed by atoms with E-state index in [0.717, 1.165) is 31.8 Å². The van der Waals surface area contributed by atoms with Crippen molar-refractivity contribution in [3.63, 3.8) is 0 Å². The standard InChI is InChI=1S/C15H21N3O2/c19-14(5-4-13-16-8-2-9-17-13)18-11-15-6-1-3-12(15)20-10-7-15/h2,8-9,12H,1,3-7,10-11H2,(H,18,19)/t12-,15-/m1/s1. The molecule has 2 heterocycles. The van der Waals surface area contributed by atoms with Crippen molar-refractivity contribution in [3.8, 4) is 0 Å². The summed E-state index contributed by atoms with van der Waals surface area (Å²) in [6.07, 6.45) is 9.45. The number of aryl methyl sites for hydroxylation is 1. The Morgan fingerprint density at radius 3 is 3.10 bits per heavy atom. The molecule has 5 heteroatoms. The summed E-state index contributed by atoms with van der Waals surface area (Å²) < 4.78 is 5.77. The van der Waals surface area contributed by atoms with E-state index in [0.29, 0.717) is 18.9 Å². The summed E-state index contributed by atoms with van der Waals surface area (Å²) in [6.45, 7) is 1.60. The van der Waals surface area contributed by atoms with Gasteiger partial charge in [0.05, 0.1) is 6.10 Å². The molecule has 3 rings (SSSR count). The average Bonchev–Trinajstić information content (AvgIpc) is 3.04. The van der Waals surface area contributed by atoms with Crippen LogP contribution in [0.15, 0.2) is 18.5 Å². The molecule has 1 aliphatic heterocycles. The van der Waals surface area contributed by atoms with Crippen molar-refractivity contribution in [2.45, 2.75) is 44.6 Å². The van der Waals surface area contributed by atoms with E-state index in [9.17, 15) is 4.79 Å². The average molecular weight is 275 g/mol.